The van der Waals surface area contributed by atoms with Gasteiger partial charge in [-0.2, -0.15) is 4.31 Å². The minimum atomic E-state index is -3.74. The standard InChI is InChI=1S/C21H28N4O6S/c1-3-24(4-2)32(30,31)15-9-7-8-14(12-15)19(27)23-22-18(26)13-25-20(28)16-10-5-6-11-17(16)21(25)29/h7-9,12,16-17H,3-6,10-11,13H2,1-2H3,(H,22,26)(H,23,27)/t16-,17-/m1/s1. The second-order valence-electron chi connectivity index (χ2n) is 7.88. The Balaban J connectivity index is 1.61. The number of hydrogen-bond donors (Lipinski definition) is 2. The molecule has 10 nitrogen and oxygen atoms in total. The maximum absolute atomic E-state index is 12.7. The van der Waals surface area contributed by atoms with Crippen LogP contribution >= 0.6 is 0 Å². The van der Waals surface area contributed by atoms with E-state index in [4.69, 9.17) is 0 Å². The highest BCUT2D eigenvalue weighted by Gasteiger charge is 2.48. The molecule has 2 aliphatic rings. The number of hydrogen-bond acceptors (Lipinski definition) is 6. The molecule has 1 saturated heterocycles. The second-order valence-corrected chi connectivity index (χ2v) is 9.82. The zero-order valence-corrected chi connectivity index (χ0v) is 19.0. The number of carbonyl (C=O) groups is 4. The number of imide groups is 1. The molecule has 1 heterocycles. The first kappa shape index (κ1) is 23.9. The van der Waals surface area contributed by atoms with Gasteiger partial charge in [-0.3, -0.25) is 34.9 Å². The summed E-state index contributed by atoms with van der Waals surface area (Å²) in [4.78, 5) is 50.5. The SMILES string of the molecule is CCN(CC)S(=O)(=O)c1cccc(C(=O)NNC(=O)CN2C(=O)[C@@H]3CCCC[C@H]3C2=O)c1. The zero-order valence-electron chi connectivity index (χ0n) is 18.2. The van der Waals surface area contributed by atoms with Crippen molar-refractivity contribution >= 4 is 33.7 Å². The van der Waals surface area contributed by atoms with Crippen molar-refractivity contribution in [2.75, 3.05) is 19.6 Å². The van der Waals surface area contributed by atoms with E-state index in [-0.39, 0.29) is 34.1 Å². The topological polar surface area (TPSA) is 133 Å². The number of rotatable bonds is 7. The molecule has 1 aromatic carbocycles. The summed E-state index contributed by atoms with van der Waals surface area (Å²) in [7, 11) is -3.74. The number of hydrazine groups is 1. The van der Waals surface area contributed by atoms with Crippen molar-refractivity contribution in [3.8, 4) is 0 Å². The third-order valence-electron chi connectivity index (χ3n) is 5.99. The van der Waals surface area contributed by atoms with Crippen LogP contribution in [0.4, 0.5) is 0 Å². The summed E-state index contributed by atoms with van der Waals surface area (Å²) in [6.07, 6.45) is 3.08. The number of nitrogens with zero attached hydrogens (tertiary/aromatic N) is 2. The summed E-state index contributed by atoms with van der Waals surface area (Å²) in [6, 6.07) is 5.48. The van der Waals surface area contributed by atoms with Crippen molar-refractivity contribution in [2.24, 2.45) is 11.8 Å². The van der Waals surface area contributed by atoms with Crippen LogP contribution in [0.25, 0.3) is 0 Å². The first-order valence-electron chi connectivity index (χ1n) is 10.7. The van der Waals surface area contributed by atoms with Crippen molar-refractivity contribution in [1.82, 2.24) is 20.1 Å². The lowest BCUT2D eigenvalue weighted by Crippen LogP contribution is -2.48. The van der Waals surface area contributed by atoms with Crippen LogP contribution in [0.15, 0.2) is 29.2 Å². The van der Waals surface area contributed by atoms with Crippen LogP contribution in [0.5, 0.6) is 0 Å². The fraction of sp³-hybridized carbons (Fsp3) is 0.524. The predicted octanol–water partition coefficient (Wildman–Crippen LogP) is 0.653. The molecule has 11 heteroatoms. The summed E-state index contributed by atoms with van der Waals surface area (Å²) in [5.74, 6) is -2.82. The second kappa shape index (κ2) is 9.78. The molecular weight excluding hydrogens is 436 g/mol. The zero-order chi connectivity index (χ0) is 23.5. The molecule has 1 aromatic rings. The molecule has 1 saturated carbocycles. The maximum atomic E-state index is 12.7. The molecule has 2 atom stereocenters. The van der Waals surface area contributed by atoms with Gasteiger partial charge in [-0.1, -0.05) is 32.8 Å². The lowest BCUT2D eigenvalue weighted by molar-refractivity contribution is -0.143. The molecule has 0 bridgehead atoms. The average Bonchev–Trinajstić information content (AvgIpc) is 3.03. The monoisotopic (exact) mass is 464 g/mol. The summed E-state index contributed by atoms with van der Waals surface area (Å²) in [6.45, 7) is 3.55. The van der Waals surface area contributed by atoms with Crippen molar-refractivity contribution in [1.29, 1.82) is 0 Å². The van der Waals surface area contributed by atoms with Gasteiger partial charge in [0.1, 0.15) is 6.54 Å². The minimum Gasteiger partial charge on any atom is -0.274 e. The van der Waals surface area contributed by atoms with Crippen molar-refractivity contribution in [3.05, 3.63) is 29.8 Å². The summed E-state index contributed by atoms with van der Waals surface area (Å²) in [5, 5.41) is 0. The lowest BCUT2D eigenvalue weighted by atomic mass is 9.81. The molecular formula is C21H28N4O6S. The fourth-order valence-corrected chi connectivity index (χ4v) is 5.78. The van der Waals surface area contributed by atoms with Gasteiger partial charge in [-0.05, 0) is 31.0 Å². The van der Waals surface area contributed by atoms with Gasteiger partial charge in [0, 0.05) is 18.7 Å². The van der Waals surface area contributed by atoms with Crippen LogP contribution in [0.1, 0.15) is 49.9 Å². The molecule has 0 spiro atoms. The number of carbonyl (C=O) groups excluding carboxylic acids is 4. The van der Waals surface area contributed by atoms with Crippen molar-refractivity contribution < 1.29 is 27.6 Å². The first-order valence-corrected chi connectivity index (χ1v) is 12.2. The van der Waals surface area contributed by atoms with Crippen LogP contribution in [-0.2, 0) is 24.4 Å². The Labute approximate surface area is 187 Å². The van der Waals surface area contributed by atoms with E-state index >= 15 is 0 Å². The molecule has 3 rings (SSSR count). The van der Waals surface area contributed by atoms with E-state index in [1.165, 1.54) is 28.6 Å². The van der Waals surface area contributed by atoms with Gasteiger partial charge >= 0.3 is 0 Å². The predicted molar refractivity (Wildman–Crippen MR) is 114 cm³/mol. The molecule has 174 valence electrons. The van der Waals surface area contributed by atoms with E-state index in [2.05, 4.69) is 10.9 Å². The van der Waals surface area contributed by atoms with Gasteiger partial charge in [-0.15, -0.1) is 0 Å². The van der Waals surface area contributed by atoms with E-state index in [1.807, 2.05) is 0 Å². The third kappa shape index (κ3) is 4.68. The summed E-state index contributed by atoms with van der Waals surface area (Å²) >= 11 is 0. The van der Waals surface area contributed by atoms with Crippen molar-refractivity contribution in [2.45, 2.75) is 44.4 Å². The smallest absolute Gasteiger partial charge is 0.269 e. The lowest BCUT2D eigenvalue weighted by Gasteiger charge is -2.19. The number of amides is 4. The van der Waals surface area contributed by atoms with E-state index in [0.717, 1.165) is 17.7 Å². The van der Waals surface area contributed by atoms with Crippen LogP contribution in [-0.4, -0.2) is 60.9 Å². The highest BCUT2D eigenvalue weighted by molar-refractivity contribution is 7.89. The normalized spacial score (nSPS) is 20.9. The molecule has 0 unspecified atom stereocenters. The van der Waals surface area contributed by atoms with Crippen LogP contribution < -0.4 is 10.9 Å². The first-order chi connectivity index (χ1) is 15.2. The van der Waals surface area contributed by atoms with Crippen LogP contribution in [0, 0.1) is 11.8 Å². The highest BCUT2D eigenvalue weighted by atomic mass is 32.2. The van der Waals surface area contributed by atoms with Gasteiger partial charge in [0.15, 0.2) is 0 Å². The Morgan fingerprint density at radius 1 is 1.03 bits per heavy atom. The van der Waals surface area contributed by atoms with Gasteiger partial charge in [-0.25, -0.2) is 8.42 Å². The van der Waals surface area contributed by atoms with Crippen LogP contribution in [0.3, 0.4) is 0 Å². The Kier molecular flexibility index (Phi) is 7.29. The molecule has 32 heavy (non-hydrogen) atoms. The number of nitrogens with one attached hydrogen (secondary N) is 2. The van der Waals surface area contributed by atoms with Gasteiger partial charge in [0.05, 0.1) is 16.7 Å². The van der Waals surface area contributed by atoms with Gasteiger partial charge in [0.2, 0.25) is 21.8 Å². The van der Waals surface area contributed by atoms with E-state index < -0.39 is 28.4 Å². The molecule has 2 fully saturated rings. The minimum absolute atomic E-state index is 0.0314. The van der Waals surface area contributed by atoms with Crippen LogP contribution in [0.2, 0.25) is 0 Å². The summed E-state index contributed by atoms with van der Waals surface area (Å²) in [5.41, 5.74) is 4.43. The summed E-state index contributed by atoms with van der Waals surface area (Å²) < 4.78 is 26.6. The quantitative estimate of drug-likeness (QED) is 0.450. The molecule has 1 aliphatic heterocycles. The highest BCUT2D eigenvalue weighted by Crippen LogP contribution is 2.37. The Morgan fingerprint density at radius 2 is 1.62 bits per heavy atom. The van der Waals surface area contributed by atoms with E-state index in [1.54, 1.807) is 13.8 Å². The fourth-order valence-electron chi connectivity index (χ4n) is 4.28. The molecule has 2 N–H and O–H groups in total. The number of fused-ring (bicyclic) bond motifs is 1. The molecule has 0 radical (unpaired) electrons. The molecule has 4 amide bonds. The van der Waals surface area contributed by atoms with E-state index in [9.17, 15) is 27.6 Å². The largest absolute Gasteiger partial charge is 0.274 e. The average molecular weight is 465 g/mol. The van der Waals surface area contributed by atoms with Gasteiger partial charge < -0.3 is 0 Å². The number of benzene rings is 1. The number of likely N-dealkylation sites (tertiary alicyclic amines) is 1. The maximum Gasteiger partial charge on any atom is 0.269 e. The van der Waals surface area contributed by atoms with E-state index in [0.29, 0.717) is 25.9 Å². The van der Waals surface area contributed by atoms with Gasteiger partial charge in [0.25, 0.3) is 11.8 Å². The third-order valence-corrected chi connectivity index (χ3v) is 8.03. The Bertz CT molecular complexity index is 997. The number of sulfonamides is 1. The molecule has 0 aromatic heterocycles. The molecule has 1 aliphatic carbocycles. The Morgan fingerprint density at radius 3 is 2.19 bits per heavy atom. The Hall–Kier alpha value is -2.79. The van der Waals surface area contributed by atoms with Crippen molar-refractivity contribution in [3.63, 3.8) is 0 Å².